The zero-order valence-electron chi connectivity index (χ0n) is 14.0. The number of piperidine rings is 1. The van der Waals surface area contributed by atoms with Crippen molar-refractivity contribution in [3.05, 3.63) is 52.0 Å². The number of nitrogens with zero attached hydrogens (tertiary/aromatic N) is 2. The van der Waals surface area contributed by atoms with Gasteiger partial charge in [0.15, 0.2) is 0 Å². The molecule has 1 saturated heterocycles. The Morgan fingerprint density at radius 3 is 2.80 bits per heavy atom. The Morgan fingerprint density at radius 2 is 2.08 bits per heavy atom. The molecule has 0 saturated carbocycles. The van der Waals surface area contributed by atoms with Gasteiger partial charge in [0.05, 0.1) is 0 Å². The lowest BCUT2D eigenvalue weighted by atomic mass is 10.0. The highest BCUT2D eigenvalue weighted by Crippen LogP contribution is 2.20. The standard InChI is InChI=1S/C18H22N4O2S/c19-10-16-21-15(12-25-16)18(24)22-9-5-4-8-14(22)11-20-17(23)13-6-2-1-3-7-13/h1-3,6-7,12,14H,4-5,8-11,19H2,(H,20,23). The van der Waals surface area contributed by atoms with E-state index in [9.17, 15) is 9.59 Å². The van der Waals surface area contributed by atoms with E-state index in [1.54, 1.807) is 17.5 Å². The maximum Gasteiger partial charge on any atom is 0.273 e. The first-order chi connectivity index (χ1) is 12.2. The maximum atomic E-state index is 12.8. The van der Waals surface area contributed by atoms with Gasteiger partial charge in [-0.1, -0.05) is 18.2 Å². The third kappa shape index (κ3) is 4.24. The lowest BCUT2D eigenvalue weighted by molar-refractivity contribution is 0.0597. The van der Waals surface area contributed by atoms with Crippen LogP contribution in [-0.4, -0.2) is 40.8 Å². The van der Waals surface area contributed by atoms with Crippen LogP contribution in [0.4, 0.5) is 0 Å². The molecule has 3 rings (SSSR count). The van der Waals surface area contributed by atoms with Crippen molar-refractivity contribution >= 4 is 23.2 Å². The summed E-state index contributed by atoms with van der Waals surface area (Å²) in [6, 6.07) is 9.11. The number of thiazole rings is 1. The molecule has 1 aromatic carbocycles. The van der Waals surface area contributed by atoms with Crippen molar-refractivity contribution in [2.75, 3.05) is 13.1 Å². The van der Waals surface area contributed by atoms with Crippen LogP contribution in [0, 0.1) is 0 Å². The number of carbonyl (C=O) groups is 2. The lowest BCUT2D eigenvalue weighted by Gasteiger charge is -2.35. The summed E-state index contributed by atoms with van der Waals surface area (Å²) in [7, 11) is 0. The normalized spacial score (nSPS) is 17.3. The van der Waals surface area contributed by atoms with Crippen LogP contribution >= 0.6 is 11.3 Å². The van der Waals surface area contributed by atoms with E-state index >= 15 is 0 Å². The molecule has 3 N–H and O–H groups in total. The number of benzene rings is 1. The van der Waals surface area contributed by atoms with Crippen molar-refractivity contribution in [1.82, 2.24) is 15.2 Å². The Kier molecular flexibility index (Phi) is 5.78. The van der Waals surface area contributed by atoms with E-state index in [4.69, 9.17) is 5.73 Å². The molecule has 0 aliphatic carbocycles. The van der Waals surface area contributed by atoms with Gasteiger partial charge in [-0.2, -0.15) is 0 Å². The van der Waals surface area contributed by atoms with Crippen LogP contribution < -0.4 is 11.1 Å². The molecule has 1 fully saturated rings. The second-order valence-electron chi connectivity index (χ2n) is 6.05. The number of nitrogens with two attached hydrogens (primary N) is 1. The van der Waals surface area contributed by atoms with E-state index in [0.717, 1.165) is 24.3 Å². The van der Waals surface area contributed by atoms with Gasteiger partial charge in [0, 0.05) is 36.6 Å². The molecule has 1 atom stereocenters. The minimum absolute atomic E-state index is 0.00283. The number of hydrogen-bond donors (Lipinski definition) is 2. The predicted octanol–water partition coefficient (Wildman–Crippen LogP) is 2.03. The number of likely N-dealkylation sites (tertiary alicyclic amines) is 1. The second kappa shape index (κ2) is 8.22. The topological polar surface area (TPSA) is 88.3 Å². The third-order valence-electron chi connectivity index (χ3n) is 4.37. The number of hydrogen-bond acceptors (Lipinski definition) is 5. The number of nitrogens with one attached hydrogen (secondary N) is 1. The Labute approximate surface area is 151 Å². The van der Waals surface area contributed by atoms with Crippen molar-refractivity contribution in [1.29, 1.82) is 0 Å². The molecule has 1 aliphatic rings. The molecule has 1 unspecified atom stereocenters. The van der Waals surface area contributed by atoms with Crippen LogP contribution in [-0.2, 0) is 6.54 Å². The van der Waals surface area contributed by atoms with E-state index in [2.05, 4.69) is 10.3 Å². The van der Waals surface area contributed by atoms with E-state index in [1.807, 2.05) is 23.1 Å². The summed E-state index contributed by atoms with van der Waals surface area (Å²) in [5.41, 5.74) is 6.66. The fourth-order valence-corrected chi connectivity index (χ4v) is 3.68. The highest BCUT2D eigenvalue weighted by molar-refractivity contribution is 7.09. The summed E-state index contributed by atoms with van der Waals surface area (Å²) in [6.07, 6.45) is 2.91. The summed E-state index contributed by atoms with van der Waals surface area (Å²) in [4.78, 5) is 31.1. The first-order valence-corrected chi connectivity index (χ1v) is 9.35. The van der Waals surface area contributed by atoms with E-state index in [0.29, 0.717) is 30.9 Å². The van der Waals surface area contributed by atoms with Crippen molar-refractivity contribution < 1.29 is 9.59 Å². The molecule has 25 heavy (non-hydrogen) atoms. The average molecular weight is 358 g/mol. The number of rotatable bonds is 5. The van der Waals surface area contributed by atoms with Gasteiger partial charge in [-0.25, -0.2) is 4.98 Å². The summed E-state index contributed by atoms with van der Waals surface area (Å²) in [5.74, 6) is -0.188. The Morgan fingerprint density at radius 1 is 1.28 bits per heavy atom. The first kappa shape index (κ1) is 17.6. The van der Waals surface area contributed by atoms with Gasteiger partial charge in [-0.15, -0.1) is 11.3 Å². The molecular formula is C18H22N4O2S. The second-order valence-corrected chi connectivity index (χ2v) is 7.00. The maximum absolute atomic E-state index is 12.8. The van der Waals surface area contributed by atoms with Crippen LogP contribution in [0.25, 0.3) is 0 Å². The van der Waals surface area contributed by atoms with Gasteiger partial charge >= 0.3 is 0 Å². The molecule has 6 nitrogen and oxygen atoms in total. The summed E-state index contributed by atoms with van der Waals surface area (Å²) in [6.45, 7) is 1.49. The molecule has 0 spiro atoms. The fraction of sp³-hybridized carbons (Fsp3) is 0.389. The molecule has 2 heterocycles. The summed E-state index contributed by atoms with van der Waals surface area (Å²) >= 11 is 1.41. The Bertz CT molecular complexity index is 732. The van der Waals surface area contributed by atoms with Gasteiger partial charge in [-0.05, 0) is 31.4 Å². The third-order valence-corrected chi connectivity index (χ3v) is 5.24. The zero-order chi connectivity index (χ0) is 17.6. The molecule has 1 aromatic heterocycles. The largest absolute Gasteiger partial charge is 0.350 e. The van der Waals surface area contributed by atoms with Crippen molar-refractivity contribution in [2.24, 2.45) is 5.73 Å². The molecule has 2 amide bonds. The number of amides is 2. The SMILES string of the molecule is NCc1nc(C(=O)N2CCCCC2CNC(=O)c2ccccc2)cs1. The minimum atomic E-state index is -0.113. The smallest absolute Gasteiger partial charge is 0.273 e. The molecule has 7 heteroatoms. The van der Waals surface area contributed by atoms with Crippen LogP contribution in [0.2, 0.25) is 0 Å². The lowest BCUT2D eigenvalue weighted by Crippen LogP contribution is -2.49. The Hall–Kier alpha value is -2.25. The predicted molar refractivity (Wildman–Crippen MR) is 97.5 cm³/mol. The molecule has 1 aliphatic heterocycles. The fourth-order valence-electron chi connectivity index (χ4n) is 3.03. The molecule has 132 valence electrons. The van der Waals surface area contributed by atoms with Gasteiger partial charge in [0.1, 0.15) is 10.7 Å². The van der Waals surface area contributed by atoms with Crippen molar-refractivity contribution in [3.63, 3.8) is 0 Å². The van der Waals surface area contributed by atoms with E-state index < -0.39 is 0 Å². The van der Waals surface area contributed by atoms with Gasteiger partial charge in [0.2, 0.25) is 0 Å². The summed E-state index contributed by atoms with van der Waals surface area (Å²) in [5, 5.41) is 5.47. The van der Waals surface area contributed by atoms with Gasteiger partial charge in [0.25, 0.3) is 11.8 Å². The summed E-state index contributed by atoms with van der Waals surface area (Å²) < 4.78 is 0. The van der Waals surface area contributed by atoms with Crippen molar-refractivity contribution in [2.45, 2.75) is 31.8 Å². The highest BCUT2D eigenvalue weighted by atomic mass is 32.1. The quantitative estimate of drug-likeness (QED) is 0.856. The van der Waals surface area contributed by atoms with Gasteiger partial charge < -0.3 is 16.0 Å². The zero-order valence-corrected chi connectivity index (χ0v) is 14.8. The van der Waals surface area contributed by atoms with Crippen LogP contribution in [0.1, 0.15) is 45.1 Å². The van der Waals surface area contributed by atoms with Gasteiger partial charge in [-0.3, -0.25) is 9.59 Å². The van der Waals surface area contributed by atoms with Crippen LogP contribution in [0.3, 0.4) is 0 Å². The highest BCUT2D eigenvalue weighted by Gasteiger charge is 2.29. The molecule has 0 radical (unpaired) electrons. The van der Waals surface area contributed by atoms with E-state index in [1.165, 1.54) is 11.3 Å². The minimum Gasteiger partial charge on any atom is -0.350 e. The Balaban J connectivity index is 1.64. The molecule has 2 aromatic rings. The molecular weight excluding hydrogens is 336 g/mol. The number of carbonyl (C=O) groups excluding carboxylic acids is 2. The first-order valence-electron chi connectivity index (χ1n) is 8.47. The van der Waals surface area contributed by atoms with E-state index in [-0.39, 0.29) is 17.9 Å². The monoisotopic (exact) mass is 358 g/mol. The molecule has 0 bridgehead atoms. The average Bonchev–Trinajstić information content (AvgIpc) is 3.16. The number of aromatic nitrogens is 1. The van der Waals surface area contributed by atoms with Crippen molar-refractivity contribution in [3.8, 4) is 0 Å². The van der Waals surface area contributed by atoms with Crippen LogP contribution in [0.5, 0.6) is 0 Å². The van der Waals surface area contributed by atoms with Crippen LogP contribution in [0.15, 0.2) is 35.7 Å².